The zero-order chi connectivity index (χ0) is 14.4. The van der Waals surface area contributed by atoms with E-state index in [1.54, 1.807) is 0 Å². The summed E-state index contributed by atoms with van der Waals surface area (Å²) in [5.41, 5.74) is 1.14. The van der Waals surface area contributed by atoms with Gasteiger partial charge in [-0.25, -0.2) is 0 Å². The van der Waals surface area contributed by atoms with Crippen molar-refractivity contribution in [2.75, 3.05) is 13.2 Å². The van der Waals surface area contributed by atoms with Crippen molar-refractivity contribution >= 4 is 10.8 Å². The van der Waals surface area contributed by atoms with E-state index < -0.39 is 10.8 Å². The molecule has 3 unspecified atom stereocenters. The zero-order valence-corrected chi connectivity index (χ0v) is 13.1. The van der Waals surface area contributed by atoms with Crippen molar-refractivity contribution in [1.82, 2.24) is 5.32 Å². The van der Waals surface area contributed by atoms with Gasteiger partial charge in [0.25, 0.3) is 0 Å². The standard InChI is InChI=1S/C16H21NO3S/c1-10-7-13(17-11-3-4-11)12-8-14-15(9-16(12)21(10)18)20-6-2-5-19-14/h8-11,13,17H,2-7H2,1H3. The number of fused-ring (bicyclic) bond motifs is 2. The Bertz CT molecular complexity index is 585. The van der Waals surface area contributed by atoms with Gasteiger partial charge in [-0.3, -0.25) is 4.21 Å². The summed E-state index contributed by atoms with van der Waals surface area (Å²) in [6.45, 7) is 3.42. The van der Waals surface area contributed by atoms with Gasteiger partial charge in [-0.05, 0) is 30.9 Å². The summed E-state index contributed by atoms with van der Waals surface area (Å²) in [7, 11) is -0.954. The molecule has 1 aliphatic carbocycles. The van der Waals surface area contributed by atoms with E-state index in [4.69, 9.17) is 9.47 Å². The molecular weight excluding hydrogens is 286 g/mol. The molecule has 4 rings (SSSR count). The minimum atomic E-state index is -0.954. The Labute approximate surface area is 127 Å². The lowest BCUT2D eigenvalue weighted by Gasteiger charge is -2.30. The van der Waals surface area contributed by atoms with Gasteiger partial charge in [-0.1, -0.05) is 6.92 Å². The van der Waals surface area contributed by atoms with E-state index in [9.17, 15) is 4.21 Å². The smallest absolute Gasteiger partial charge is 0.162 e. The van der Waals surface area contributed by atoms with E-state index >= 15 is 0 Å². The lowest BCUT2D eigenvalue weighted by Crippen LogP contribution is -2.33. The summed E-state index contributed by atoms with van der Waals surface area (Å²) in [5, 5.41) is 3.87. The third-order valence-corrected chi connectivity index (χ3v) is 6.13. The van der Waals surface area contributed by atoms with E-state index in [1.165, 1.54) is 12.8 Å². The topological polar surface area (TPSA) is 47.6 Å². The summed E-state index contributed by atoms with van der Waals surface area (Å²) < 4.78 is 24.2. The minimum Gasteiger partial charge on any atom is -0.490 e. The van der Waals surface area contributed by atoms with Crippen LogP contribution in [0.25, 0.3) is 0 Å². The highest BCUT2D eigenvalue weighted by Gasteiger charge is 2.35. The monoisotopic (exact) mass is 307 g/mol. The van der Waals surface area contributed by atoms with Crippen molar-refractivity contribution in [2.45, 2.75) is 54.8 Å². The maximum atomic E-state index is 12.6. The summed E-state index contributed by atoms with van der Waals surface area (Å²) in [6.07, 6.45) is 4.33. The van der Waals surface area contributed by atoms with Crippen LogP contribution in [-0.2, 0) is 10.8 Å². The Morgan fingerprint density at radius 3 is 2.62 bits per heavy atom. The number of hydrogen-bond acceptors (Lipinski definition) is 4. The first-order valence-electron chi connectivity index (χ1n) is 7.82. The van der Waals surface area contributed by atoms with Gasteiger partial charge in [-0.15, -0.1) is 0 Å². The first-order chi connectivity index (χ1) is 10.2. The van der Waals surface area contributed by atoms with Gasteiger partial charge in [0.15, 0.2) is 11.5 Å². The molecule has 2 heterocycles. The number of benzene rings is 1. The Morgan fingerprint density at radius 1 is 1.19 bits per heavy atom. The molecule has 3 aliphatic rings. The van der Waals surface area contributed by atoms with Gasteiger partial charge < -0.3 is 14.8 Å². The predicted octanol–water partition coefficient (Wildman–Crippen LogP) is 2.54. The maximum absolute atomic E-state index is 12.6. The molecule has 1 fully saturated rings. The molecule has 114 valence electrons. The van der Waals surface area contributed by atoms with Gasteiger partial charge >= 0.3 is 0 Å². The second kappa shape index (κ2) is 5.29. The van der Waals surface area contributed by atoms with Crippen LogP contribution in [0.2, 0.25) is 0 Å². The highest BCUT2D eigenvalue weighted by Crippen LogP contribution is 2.42. The predicted molar refractivity (Wildman–Crippen MR) is 81.4 cm³/mol. The quantitative estimate of drug-likeness (QED) is 0.912. The van der Waals surface area contributed by atoms with Crippen LogP contribution in [-0.4, -0.2) is 28.7 Å². The van der Waals surface area contributed by atoms with Crippen LogP contribution in [0.4, 0.5) is 0 Å². The minimum absolute atomic E-state index is 0.179. The Kier molecular flexibility index (Phi) is 3.42. The second-order valence-electron chi connectivity index (χ2n) is 6.22. The molecule has 0 aromatic heterocycles. The molecule has 0 bridgehead atoms. The Balaban J connectivity index is 1.76. The van der Waals surface area contributed by atoms with Gasteiger partial charge in [0.2, 0.25) is 0 Å². The first-order valence-corrected chi connectivity index (χ1v) is 9.04. The lowest BCUT2D eigenvalue weighted by molar-refractivity contribution is 0.296. The molecule has 21 heavy (non-hydrogen) atoms. The Morgan fingerprint density at radius 2 is 1.90 bits per heavy atom. The first kappa shape index (κ1) is 13.6. The van der Waals surface area contributed by atoms with Gasteiger partial charge in [0.1, 0.15) is 0 Å². The molecule has 1 saturated carbocycles. The molecule has 2 aliphatic heterocycles. The van der Waals surface area contributed by atoms with Crippen LogP contribution in [0.3, 0.4) is 0 Å². The fraction of sp³-hybridized carbons (Fsp3) is 0.625. The molecule has 1 N–H and O–H groups in total. The lowest BCUT2D eigenvalue weighted by atomic mass is 10.0. The van der Waals surface area contributed by atoms with E-state index in [2.05, 4.69) is 18.3 Å². The van der Waals surface area contributed by atoms with Gasteiger partial charge in [0.05, 0.1) is 24.0 Å². The summed E-state index contributed by atoms with van der Waals surface area (Å²) in [5.74, 6) is 1.55. The largest absolute Gasteiger partial charge is 0.490 e. The molecule has 1 aromatic rings. The van der Waals surface area contributed by atoms with Crippen molar-refractivity contribution in [1.29, 1.82) is 0 Å². The number of hydrogen-bond donors (Lipinski definition) is 1. The maximum Gasteiger partial charge on any atom is 0.162 e. The van der Waals surface area contributed by atoms with Crippen LogP contribution in [0.1, 0.15) is 44.2 Å². The normalized spacial score (nSPS) is 31.4. The third kappa shape index (κ3) is 2.57. The molecule has 0 spiro atoms. The van der Waals surface area contributed by atoms with Crippen LogP contribution >= 0.6 is 0 Å². The van der Waals surface area contributed by atoms with Crippen molar-refractivity contribution in [3.8, 4) is 11.5 Å². The summed E-state index contributed by atoms with van der Waals surface area (Å²) in [6, 6.07) is 4.93. The number of nitrogens with one attached hydrogen (secondary N) is 1. The van der Waals surface area contributed by atoms with Crippen LogP contribution < -0.4 is 14.8 Å². The molecule has 1 aromatic carbocycles. The molecule has 0 saturated heterocycles. The molecular formula is C16H21NO3S. The van der Waals surface area contributed by atoms with Crippen LogP contribution in [0.15, 0.2) is 17.0 Å². The number of ether oxygens (including phenoxy) is 2. The molecule has 0 amide bonds. The Hall–Kier alpha value is -1.07. The summed E-state index contributed by atoms with van der Waals surface area (Å²) >= 11 is 0. The average Bonchev–Trinajstić information content (AvgIpc) is 3.29. The summed E-state index contributed by atoms with van der Waals surface area (Å²) in [4.78, 5) is 0.927. The van der Waals surface area contributed by atoms with Gasteiger partial charge in [0, 0.05) is 34.7 Å². The van der Waals surface area contributed by atoms with Crippen molar-refractivity contribution in [3.05, 3.63) is 17.7 Å². The fourth-order valence-corrected chi connectivity index (χ4v) is 4.57. The molecule has 3 atom stereocenters. The third-order valence-electron chi connectivity index (χ3n) is 4.42. The molecule has 4 nitrogen and oxygen atoms in total. The van der Waals surface area contributed by atoms with E-state index in [1.807, 2.05) is 6.07 Å². The zero-order valence-electron chi connectivity index (χ0n) is 12.3. The number of rotatable bonds is 2. The van der Waals surface area contributed by atoms with Crippen molar-refractivity contribution < 1.29 is 13.7 Å². The van der Waals surface area contributed by atoms with Crippen LogP contribution in [0.5, 0.6) is 11.5 Å². The van der Waals surface area contributed by atoms with E-state index in [-0.39, 0.29) is 11.3 Å². The SMILES string of the molecule is CC1CC(NC2CC2)c2cc3c(cc2S1=O)OCCCO3. The molecule has 5 heteroatoms. The van der Waals surface area contributed by atoms with Crippen molar-refractivity contribution in [2.24, 2.45) is 0 Å². The van der Waals surface area contributed by atoms with Crippen molar-refractivity contribution in [3.63, 3.8) is 0 Å². The highest BCUT2D eigenvalue weighted by atomic mass is 32.2. The molecule has 0 radical (unpaired) electrons. The second-order valence-corrected chi connectivity index (χ2v) is 8.06. The van der Waals surface area contributed by atoms with E-state index in [0.29, 0.717) is 19.3 Å². The fourth-order valence-electron chi connectivity index (χ4n) is 3.11. The van der Waals surface area contributed by atoms with Crippen LogP contribution in [0, 0.1) is 0 Å². The van der Waals surface area contributed by atoms with Gasteiger partial charge in [-0.2, -0.15) is 0 Å². The average molecular weight is 307 g/mol. The highest BCUT2D eigenvalue weighted by molar-refractivity contribution is 7.85. The van der Waals surface area contributed by atoms with E-state index in [0.717, 1.165) is 34.8 Å².